The summed E-state index contributed by atoms with van der Waals surface area (Å²) in [7, 11) is 1.88. The van der Waals surface area contributed by atoms with Crippen molar-refractivity contribution in [3.8, 4) is 0 Å². The molecule has 0 aliphatic heterocycles. The summed E-state index contributed by atoms with van der Waals surface area (Å²) in [6.45, 7) is 4.91. The summed E-state index contributed by atoms with van der Waals surface area (Å²) in [6.07, 6.45) is 3.49. The molecule has 11 heavy (non-hydrogen) atoms. The molecule has 0 heterocycles. The molecule has 0 aromatic carbocycles. The standard InChI is InChI=1S/C10H16O/c1-9-4-6-5-10(9,2)8(9)7(6)11-3/h6-8H,4-5H2,1-3H3. The third-order valence-corrected chi connectivity index (χ3v) is 5.03. The van der Waals surface area contributed by atoms with E-state index < -0.39 is 0 Å². The Morgan fingerprint density at radius 2 is 1.73 bits per heavy atom. The first-order valence-corrected chi connectivity index (χ1v) is 4.66. The van der Waals surface area contributed by atoms with Gasteiger partial charge in [-0.1, -0.05) is 13.8 Å². The number of methoxy groups -OCH3 is 1. The Balaban J connectivity index is 2.03. The van der Waals surface area contributed by atoms with Gasteiger partial charge in [0, 0.05) is 7.11 Å². The van der Waals surface area contributed by atoms with Crippen LogP contribution in [0.5, 0.6) is 0 Å². The maximum absolute atomic E-state index is 5.55. The largest absolute Gasteiger partial charge is 0.381 e. The molecular formula is C10H16O. The van der Waals surface area contributed by atoms with Gasteiger partial charge in [-0.25, -0.2) is 0 Å². The monoisotopic (exact) mass is 152 g/mol. The highest BCUT2D eigenvalue weighted by Crippen LogP contribution is 2.86. The quantitative estimate of drug-likeness (QED) is 0.559. The zero-order valence-corrected chi connectivity index (χ0v) is 7.55. The zero-order chi connectivity index (χ0) is 7.85. The van der Waals surface area contributed by atoms with Gasteiger partial charge in [0.15, 0.2) is 0 Å². The molecule has 0 N–H and O–H groups in total. The minimum absolute atomic E-state index is 0.616. The van der Waals surface area contributed by atoms with Crippen LogP contribution in [0, 0.1) is 22.7 Å². The van der Waals surface area contributed by atoms with E-state index in [1.165, 1.54) is 12.8 Å². The van der Waals surface area contributed by atoms with E-state index in [1.807, 2.05) is 7.11 Å². The van der Waals surface area contributed by atoms with E-state index in [-0.39, 0.29) is 0 Å². The molecule has 0 aromatic rings. The third kappa shape index (κ3) is 0.416. The first-order chi connectivity index (χ1) is 5.13. The van der Waals surface area contributed by atoms with E-state index in [9.17, 15) is 0 Å². The van der Waals surface area contributed by atoms with Crippen LogP contribution in [0.1, 0.15) is 26.7 Å². The maximum atomic E-state index is 5.55. The van der Waals surface area contributed by atoms with Gasteiger partial charge in [0.05, 0.1) is 6.10 Å². The lowest BCUT2D eigenvalue weighted by molar-refractivity contribution is 0.0705. The van der Waals surface area contributed by atoms with E-state index in [4.69, 9.17) is 4.74 Å². The van der Waals surface area contributed by atoms with Crippen LogP contribution < -0.4 is 0 Å². The SMILES string of the molecule is COC1C2CC3(C)C1C3(C)C2. The van der Waals surface area contributed by atoms with E-state index >= 15 is 0 Å². The molecule has 3 atom stereocenters. The molecule has 4 saturated carbocycles. The number of hydrogen-bond donors (Lipinski definition) is 0. The number of ether oxygens (including phenoxy) is 1. The molecule has 4 fully saturated rings. The van der Waals surface area contributed by atoms with Crippen molar-refractivity contribution in [1.29, 1.82) is 0 Å². The first kappa shape index (κ1) is 6.47. The van der Waals surface area contributed by atoms with Crippen molar-refractivity contribution in [3.05, 3.63) is 0 Å². The maximum Gasteiger partial charge on any atom is 0.0638 e. The first-order valence-electron chi connectivity index (χ1n) is 4.66. The van der Waals surface area contributed by atoms with Gasteiger partial charge in [-0.15, -0.1) is 0 Å². The molecule has 0 saturated heterocycles. The Kier molecular flexibility index (Phi) is 0.820. The average molecular weight is 152 g/mol. The summed E-state index contributed by atoms with van der Waals surface area (Å²) in [4.78, 5) is 0. The molecular weight excluding hydrogens is 136 g/mol. The van der Waals surface area contributed by atoms with Crippen LogP contribution in [0.25, 0.3) is 0 Å². The van der Waals surface area contributed by atoms with Gasteiger partial charge in [0.2, 0.25) is 0 Å². The number of rotatable bonds is 1. The molecule has 4 aliphatic carbocycles. The van der Waals surface area contributed by atoms with Gasteiger partial charge in [0.25, 0.3) is 0 Å². The molecule has 4 aliphatic rings. The molecule has 3 unspecified atom stereocenters. The zero-order valence-electron chi connectivity index (χ0n) is 7.55. The minimum Gasteiger partial charge on any atom is -0.381 e. The highest BCUT2D eigenvalue weighted by Gasteiger charge is 2.83. The van der Waals surface area contributed by atoms with Crippen molar-refractivity contribution in [2.24, 2.45) is 22.7 Å². The van der Waals surface area contributed by atoms with Crippen LogP contribution in [-0.4, -0.2) is 13.2 Å². The lowest BCUT2D eigenvalue weighted by atomic mass is 10.0. The van der Waals surface area contributed by atoms with Gasteiger partial charge < -0.3 is 4.74 Å². The topological polar surface area (TPSA) is 9.23 Å². The number of hydrogen-bond acceptors (Lipinski definition) is 1. The Hall–Kier alpha value is -0.0400. The summed E-state index contributed by atoms with van der Waals surface area (Å²) in [5, 5.41) is 0. The fraction of sp³-hybridized carbons (Fsp3) is 1.00. The second kappa shape index (κ2) is 1.39. The van der Waals surface area contributed by atoms with Crippen molar-refractivity contribution in [2.45, 2.75) is 32.8 Å². The van der Waals surface area contributed by atoms with E-state index in [0.29, 0.717) is 16.9 Å². The van der Waals surface area contributed by atoms with Crippen LogP contribution in [0.3, 0.4) is 0 Å². The van der Waals surface area contributed by atoms with Gasteiger partial charge in [-0.05, 0) is 35.5 Å². The predicted molar refractivity (Wildman–Crippen MR) is 43.2 cm³/mol. The third-order valence-electron chi connectivity index (χ3n) is 5.03. The molecule has 0 amide bonds. The van der Waals surface area contributed by atoms with Crippen molar-refractivity contribution in [1.82, 2.24) is 0 Å². The van der Waals surface area contributed by atoms with Gasteiger partial charge >= 0.3 is 0 Å². The van der Waals surface area contributed by atoms with Crippen LogP contribution in [-0.2, 0) is 4.74 Å². The highest BCUT2D eigenvalue weighted by atomic mass is 16.5. The van der Waals surface area contributed by atoms with Crippen molar-refractivity contribution in [3.63, 3.8) is 0 Å². The Morgan fingerprint density at radius 3 is 1.91 bits per heavy atom. The van der Waals surface area contributed by atoms with Gasteiger partial charge in [-0.3, -0.25) is 0 Å². The molecule has 4 bridgehead atoms. The van der Waals surface area contributed by atoms with Crippen molar-refractivity contribution < 1.29 is 4.74 Å². The second-order valence-electron chi connectivity index (χ2n) is 5.18. The van der Waals surface area contributed by atoms with Gasteiger partial charge in [0.1, 0.15) is 0 Å². The van der Waals surface area contributed by atoms with Crippen LogP contribution in [0.2, 0.25) is 0 Å². The average Bonchev–Trinajstić information content (AvgIpc) is 2.37. The van der Waals surface area contributed by atoms with Crippen LogP contribution >= 0.6 is 0 Å². The fourth-order valence-electron chi connectivity index (χ4n) is 4.44. The molecule has 62 valence electrons. The summed E-state index contributed by atoms with van der Waals surface area (Å²) in [5.74, 6) is 1.81. The summed E-state index contributed by atoms with van der Waals surface area (Å²) >= 11 is 0. The van der Waals surface area contributed by atoms with E-state index in [1.54, 1.807) is 0 Å². The highest BCUT2D eigenvalue weighted by molar-refractivity contribution is 5.31. The Labute approximate surface area is 68.1 Å². The smallest absolute Gasteiger partial charge is 0.0638 e. The lowest BCUT2D eigenvalue weighted by Crippen LogP contribution is -2.14. The summed E-state index contributed by atoms with van der Waals surface area (Å²) in [5.41, 5.74) is 1.36. The van der Waals surface area contributed by atoms with Crippen molar-refractivity contribution >= 4 is 0 Å². The van der Waals surface area contributed by atoms with E-state index in [2.05, 4.69) is 13.8 Å². The molecule has 1 heteroatoms. The second-order valence-corrected chi connectivity index (χ2v) is 5.18. The normalized spacial score (nSPS) is 70.6. The van der Waals surface area contributed by atoms with E-state index in [0.717, 1.165) is 11.8 Å². The summed E-state index contributed by atoms with van der Waals surface area (Å²) in [6, 6.07) is 0. The predicted octanol–water partition coefficient (Wildman–Crippen LogP) is 2.07. The molecule has 1 nitrogen and oxygen atoms in total. The Bertz CT molecular complexity index is 207. The lowest BCUT2D eigenvalue weighted by Gasteiger charge is -2.10. The molecule has 4 rings (SSSR count). The van der Waals surface area contributed by atoms with Gasteiger partial charge in [-0.2, -0.15) is 0 Å². The molecule has 0 aromatic heterocycles. The fourth-order valence-corrected chi connectivity index (χ4v) is 4.44. The minimum atomic E-state index is 0.616. The molecule has 0 radical (unpaired) electrons. The van der Waals surface area contributed by atoms with Crippen LogP contribution in [0.15, 0.2) is 0 Å². The Morgan fingerprint density at radius 1 is 1.18 bits per heavy atom. The molecule has 0 spiro atoms. The summed E-state index contributed by atoms with van der Waals surface area (Å²) < 4.78 is 5.55. The van der Waals surface area contributed by atoms with Crippen molar-refractivity contribution in [2.75, 3.05) is 7.11 Å². The van der Waals surface area contributed by atoms with Crippen LogP contribution in [0.4, 0.5) is 0 Å².